The molecule has 0 aromatic heterocycles. The van der Waals surface area contributed by atoms with Crippen molar-refractivity contribution < 1.29 is 19.4 Å². The molecule has 1 aliphatic heterocycles. The molecule has 0 saturated carbocycles. The summed E-state index contributed by atoms with van der Waals surface area (Å²) < 4.78 is 5.44. The molecule has 1 aliphatic rings. The third-order valence-electron chi connectivity index (χ3n) is 3.89. The van der Waals surface area contributed by atoms with E-state index in [1.807, 2.05) is 37.3 Å². The molecule has 2 atom stereocenters. The Labute approximate surface area is 136 Å². The van der Waals surface area contributed by atoms with Crippen LogP contribution in [0, 0.1) is 0 Å². The summed E-state index contributed by atoms with van der Waals surface area (Å²) in [5, 5.41) is 11.9. The van der Waals surface area contributed by atoms with E-state index in [1.165, 1.54) is 0 Å². The number of benzene rings is 1. The Balaban J connectivity index is 1.95. The molecule has 0 radical (unpaired) electrons. The average Bonchev–Trinajstić information content (AvgIpc) is 2.53. The van der Waals surface area contributed by atoms with E-state index in [4.69, 9.17) is 9.84 Å². The molecular weight excluding hydrogens is 296 g/mol. The third kappa shape index (κ3) is 5.90. The maximum atomic E-state index is 12.4. The average molecular weight is 320 g/mol. The number of nitrogens with zero attached hydrogens (tertiary/aromatic N) is 1. The molecule has 2 amide bonds. The number of carbonyl (C=O) groups is 2. The van der Waals surface area contributed by atoms with Crippen molar-refractivity contribution in [3.63, 3.8) is 0 Å². The predicted octanol–water partition coefficient (Wildman–Crippen LogP) is 1.89. The number of carbonyl (C=O) groups excluding carboxylic acids is 1. The Morgan fingerprint density at radius 1 is 1.39 bits per heavy atom. The van der Waals surface area contributed by atoms with Crippen molar-refractivity contribution in [2.45, 2.75) is 38.3 Å². The van der Waals surface area contributed by atoms with Gasteiger partial charge < -0.3 is 20.1 Å². The van der Waals surface area contributed by atoms with Crippen LogP contribution in [0.4, 0.5) is 4.79 Å². The SMILES string of the molecule is CC1CN(C(=O)NC(CCC(=O)O)Cc2ccccc2)CCO1. The van der Waals surface area contributed by atoms with Gasteiger partial charge in [0.15, 0.2) is 0 Å². The molecule has 1 aromatic carbocycles. The Kier molecular flexibility index (Phi) is 6.40. The van der Waals surface area contributed by atoms with Gasteiger partial charge in [0.1, 0.15) is 0 Å². The summed E-state index contributed by atoms with van der Waals surface area (Å²) in [5.41, 5.74) is 1.08. The van der Waals surface area contributed by atoms with Gasteiger partial charge in [-0.05, 0) is 25.3 Å². The minimum atomic E-state index is -0.850. The van der Waals surface area contributed by atoms with Crippen molar-refractivity contribution in [1.82, 2.24) is 10.2 Å². The highest BCUT2D eigenvalue weighted by atomic mass is 16.5. The largest absolute Gasteiger partial charge is 0.481 e. The number of amides is 2. The molecule has 6 nitrogen and oxygen atoms in total. The van der Waals surface area contributed by atoms with Crippen molar-refractivity contribution in [1.29, 1.82) is 0 Å². The molecule has 6 heteroatoms. The van der Waals surface area contributed by atoms with Crippen molar-refractivity contribution in [3.8, 4) is 0 Å². The number of hydrogen-bond acceptors (Lipinski definition) is 3. The van der Waals surface area contributed by atoms with Crippen LogP contribution in [-0.2, 0) is 16.0 Å². The van der Waals surface area contributed by atoms with Crippen LogP contribution in [0.25, 0.3) is 0 Å². The second kappa shape index (κ2) is 8.53. The molecule has 0 aliphatic carbocycles. The highest BCUT2D eigenvalue weighted by molar-refractivity contribution is 5.75. The van der Waals surface area contributed by atoms with E-state index >= 15 is 0 Å². The fourth-order valence-corrected chi connectivity index (χ4v) is 2.69. The number of ether oxygens (including phenoxy) is 1. The van der Waals surface area contributed by atoms with Crippen LogP contribution < -0.4 is 5.32 Å². The van der Waals surface area contributed by atoms with Gasteiger partial charge in [0.25, 0.3) is 0 Å². The first kappa shape index (κ1) is 17.3. The summed E-state index contributed by atoms with van der Waals surface area (Å²) in [5.74, 6) is -0.850. The highest BCUT2D eigenvalue weighted by Crippen LogP contribution is 2.10. The van der Waals surface area contributed by atoms with Gasteiger partial charge >= 0.3 is 12.0 Å². The molecule has 23 heavy (non-hydrogen) atoms. The molecule has 0 bridgehead atoms. The van der Waals surface area contributed by atoms with E-state index in [9.17, 15) is 9.59 Å². The molecule has 1 heterocycles. The van der Waals surface area contributed by atoms with Crippen LogP contribution in [-0.4, -0.2) is 53.8 Å². The van der Waals surface area contributed by atoms with E-state index < -0.39 is 5.97 Å². The monoisotopic (exact) mass is 320 g/mol. The topological polar surface area (TPSA) is 78.9 Å². The van der Waals surface area contributed by atoms with Gasteiger partial charge in [0.05, 0.1) is 12.7 Å². The molecular formula is C17H24N2O4. The summed E-state index contributed by atoms with van der Waals surface area (Å²) in [6.07, 6.45) is 1.11. The lowest BCUT2D eigenvalue weighted by molar-refractivity contribution is -0.137. The summed E-state index contributed by atoms with van der Waals surface area (Å²) in [6, 6.07) is 9.44. The van der Waals surface area contributed by atoms with E-state index in [-0.39, 0.29) is 24.6 Å². The van der Waals surface area contributed by atoms with Crippen molar-refractivity contribution in [2.75, 3.05) is 19.7 Å². The molecule has 0 spiro atoms. The minimum absolute atomic E-state index is 0.0288. The van der Waals surface area contributed by atoms with Gasteiger partial charge in [-0.3, -0.25) is 4.79 Å². The quantitative estimate of drug-likeness (QED) is 0.839. The fraction of sp³-hybridized carbons (Fsp3) is 0.529. The summed E-state index contributed by atoms with van der Waals surface area (Å²) >= 11 is 0. The van der Waals surface area contributed by atoms with Crippen molar-refractivity contribution in [2.24, 2.45) is 0 Å². The summed E-state index contributed by atoms with van der Waals surface area (Å²) in [7, 11) is 0. The molecule has 2 N–H and O–H groups in total. The standard InChI is InChI=1S/C17H24N2O4/c1-13-12-19(9-10-23-13)17(22)18-15(7-8-16(20)21)11-14-5-3-2-4-6-14/h2-6,13,15H,7-12H2,1H3,(H,18,22)(H,20,21). The number of nitrogens with one attached hydrogen (secondary N) is 1. The van der Waals surface area contributed by atoms with Crippen LogP contribution in [0.15, 0.2) is 30.3 Å². The summed E-state index contributed by atoms with van der Waals surface area (Å²) in [6.45, 7) is 3.59. The van der Waals surface area contributed by atoms with Crippen LogP contribution in [0.5, 0.6) is 0 Å². The first-order valence-electron chi connectivity index (χ1n) is 7.97. The predicted molar refractivity (Wildman–Crippen MR) is 86.3 cm³/mol. The van der Waals surface area contributed by atoms with Crippen LogP contribution in [0.2, 0.25) is 0 Å². The number of urea groups is 1. The Hall–Kier alpha value is -2.08. The Morgan fingerprint density at radius 3 is 2.78 bits per heavy atom. The minimum Gasteiger partial charge on any atom is -0.481 e. The number of morpholine rings is 1. The number of carboxylic acid groups (broad SMARTS) is 1. The van der Waals surface area contributed by atoms with Gasteiger partial charge in [-0.1, -0.05) is 30.3 Å². The van der Waals surface area contributed by atoms with Crippen LogP contribution >= 0.6 is 0 Å². The maximum absolute atomic E-state index is 12.4. The van der Waals surface area contributed by atoms with Crippen LogP contribution in [0.3, 0.4) is 0 Å². The van der Waals surface area contributed by atoms with Gasteiger partial charge in [0.2, 0.25) is 0 Å². The second-order valence-corrected chi connectivity index (χ2v) is 5.90. The third-order valence-corrected chi connectivity index (χ3v) is 3.89. The molecule has 2 rings (SSSR count). The Morgan fingerprint density at radius 2 is 2.13 bits per heavy atom. The lowest BCUT2D eigenvalue weighted by Gasteiger charge is -2.32. The molecule has 126 valence electrons. The van der Waals surface area contributed by atoms with Gasteiger partial charge in [-0.15, -0.1) is 0 Å². The fourth-order valence-electron chi connectivity index (χ4n) is 2.69. The van der Waals surface area contributed by atoms with E-state index in [2.05, 4.69) is 5.32 Å². The lowest BCUT2D eigenvalue weighted by atomic mass is 10.0. The zero-order chi connectivity index (χ0) is 16.7. The van der Waals surface area contributed by atoms with Gasteiger partial charge in [-0.2, -0.15) is 0 Å². The second-order valence-electron chi connectivity index (χ2n) is 5.90. The highest BCUT2D eigenvalue weighted by Gasteiger charge is 2.23. The first-order chi connectivity index (χ1) is 11.0. The molecule has 1 saturated heterocycles. The zero-order valence-electron chi connectivity index (χ0n) is 13.4. The smallest absolute Gasteiger partial charge is 0.317 e. The summed E-state index contributed by atoms with van der Waals surface area (Å²) in [4.78, 5) is 25.0. The van der Waals surface area contributed by atoms with E-state index in [0.29, 0.717) is 32.5 Å². The normalized spacial score (nSPS) is 19.2. The molecule has 2 unspecified atom stereocenters. The van der Waals surface area contributed by atoms with E-state index in [0.717, 1.165) is 5.56 Å². The molecule has 1 aromatic rings. The van der Waals surface area contributed by atoms with E-state index in [1.54, 1.807) is 4.90 Å². The lowest BCUT2D eigenvalue weighted by Crippen LogP contribution is -2.51. The number of hydrogen-bond donors (Lipinski definition) is 2. The zero-order valence-corrected chi connectivity index (χ0v) is 13.4. The van der Waals surface area contributed by atoms with Crippen molar-refractivity contribution >= 4 is 12.0 Å². The molecule has 1 fully saturated rings. The van der Waals surface area contributed by atoms with Crippen molar-refractivity contribution in [3.05, 3.63) is 35.9 Å². The first-order valence-corrected chi connectivity index (χ1v) is 7.97. The Bertz CT molecular complexity index is 521. The number of carboxylic acids is 1. The van der Waals surface area contributed by atoms with Gasteiger partial charge in [0, 0.05) is 25.6 Å². The van der Waals surface area contributed by atoms with Crippen LogP contribution in [0.1, 0.15) is 25.3 Å². The number of rotatable bonds is 6. The van der Waals surface area contributed by atoms with Gasteiger partial charge in [-0.25, -0.2) is 4.79 Å². The number of aliphatic carboxylic acids is 1. The maximum Gasteiger partial charge on any atom is 0.317 e.